The van der Waals surface area contributed by atoms with Gasteiger partial charge in [-0.25, -0.2) is 4.31 Å². The number of hydrogen-bond donors (Lipinski definition) is 1. The average molecular weight is 489 g/mol. The van der Waals surface area contributed by atoms with Gasteiger partial charge in [-0.05, 0) is 37.5 Å². The molecule has 2 amide bonds. The number of amides is 2. The molecule has 0 aliphatic rings. The van der Waals surface area contributed by atoms with Crippen molar-refractivity contribution in [3.63, 3.8) is 0 Å². The van der Waals surface area contributed by atoms with Crippen molar-refractivity contribution in [1.82, 2.24) is 14.5 Å². The van der Waals surface area contributed by atoms with Crippen molar-refractivity contribution < 1.29 is 18.0 Å². The van der Waals surface area contributed by atoms with Crippen LogP contribution in [0, 0.1) is 6.92 Å². The molecule has 0 radical (unpaired) electrons. The maximum Gasteiger partial charge on any atom is 0.304 e. The number of carbonyl (C=O) groups excluding carboxylic acids is 2. The van der Waals surface area contributed by atoms with Crippen molar-refractivity contribution in [2.24, 2.45) is 0 Å². The zero-order valence-electron chi connectivity index (χ0n) is 20.7. The van der Waals surface area contributed by atoms with Crippen LogP contribution in [-0.2, 0) is 26.3 Å². The summed E-state index contributed by atoms with van der Waals surface area (Å²) in [4.78, 5) is 28.1. The summed E-state index contributed by atoms with van der Waals surface area (Å²) in [6.07, 6.45) is 1.18. The summed E-state index contributed by atoms with van der Waals surface area (Å²) in [5.74, 6) is -0.693. The van der Waals surface area contributed by atoms with E-state index in [1.807, 2.05) is 45.0 Å². The monoisotopic (exact) mass is 488 g/mol. The van der Waals surface area contributed by atoms with E-state index in [0.29, 0.717) is 18.7 Å². The SMILES string of the molecule is CCCNC(=O)[C@@H](CC)N(Cc1cccc(C)c1)C(=O)CN(c1ccccc1)S(=O)(=O)N(C)C. The maximum atomic E-state index is 13.7. The lowest BCUT2D eigenvalue weighted by atomic mass is 10.1. The Morgan fingerprint density at radius 2 is 1.68 bits per heavy atom. The van der Waals surface area contributed by atoms with E-state index in [4.69, 9.17) is 0 Å². The molecule has 1 atom stereocenters. The Balaban J connectivity index is 2.46. The van der Waals surface area contributed by atoms with Crippen LogP contribution in [0.2, 0.25) is 0 Å². The molecule has 0 spiro atoms. The molecular formula is C25H36N4O4S. The molecule has 0 heterocycles. The summed E-state index contributed by atoms with van der Waals surface area (Å²) in [6.45, 7) is 6.05. The second-order valence-electron chi connectivity index (χ2n) is 8.36. The Hall–Kier alpha value is -2.91. The molecule has 34 heavy (non-hydrogen) atoms. The van der Waals surface area contributed by atoms with E-state index >= 15 is 0 Å². The Morgan fingerprint density at radius 1 is 1.00 bits per heavy atom. The second kappa shape index (κ2) is 12.5. The number of hydrogen-bond acceptors (Lipinski definition) is 4. The molecular weight excluding hydrogens is 452 g/mol. The lowest BCUT2D eigenvalue weighted by molar-refractivity contribution is -0.140. The Kier molecular flexibility index (Phi) is 10.1. The summed E-state index contributed by atoms with van der Waals surface area (Å²) in [6, 6.07) is 15.5. The van der Waals surface area contributed by atoms with Gasteiger partial charge in [-0.2, -0.15) is 12.7 Å². The van der Waals surface area contributed by atoms with Crippen molar-refractivity contribution in [3.05, 3.63) is 65.7 Å². The molecule has 2 aromatic carbocycles. The molecule has 1 N–H and O–H groups in total. The van der Waals surface area contributed by atoms with E-state index in [-0.39, 0.29) is 12.5 Å². The standard InChI is InChI=1S/C25H36N4O4S/c1-6-16-26-25(31)23(7-2)28(18-21-13-11-12-20(3)17-21)24(30)19-29(34(32,33)27(4)5)22-14-9-8-10-15-22/h8-15,17,23H,6-7,16,18-19H2,1-5H3,(H,26,31)/t23-/m1/s1. The van der Waals surface area contributed by atoms with Crippen LogP contribution in [0.4, 0.5) is 5.69 Å². The molecule has 0 aromatic heterocycles. The number of nitrogens with zero attached hydrogens (tertiary/aromatic N) is 3. The molecule has 9 heteroatoms. The largest absolute Gasteiger partial charge is 0.354 e. The lowest BCUT2D eigenvalue weighted by Gasteiger charge is -2.34. The number of rotatable bonds is 12. The minimum atomic E-state index is -3.95. The first-order chi connectivity index (χ1) is 16.1. The van der Waals surface area contributed by atoms with Crippen LogP contribution in [0.1, 0.15) is 37.8 Å². The van der Waals surface area contributed by atoms with Gasteiger partial charge in [0.1, 0.15) is 12.6 Å². The zero-order chi connectivity index (χ0) is 25.3. The molecule has 0 aliphatic carbocycles. The van der Waals surface area contributed by atoms with Gasteiger partial charge < -0.3 is 10.2 Å². The Bertz CT molecular complexity index is 1060. The second-order valence-corrected chi connectivity index (χ2v) is 10.4. The van der Waals surface area contributed by atoms with Gasteiger partial charge in [0, 0.05) is 27.2 Å². The predicted octanol–water partition coefficient (Wildman–Crippen LogP) is 2.94. The first-order valence-electron chi connectivity index (χ1n) is 11.5. The highest BCUT2D eigenvalue weighted by Gasteiger charge is 2.33. The van der Waals surface area contributed by atoms with Gasteiger partial charge in [0.05, 0.1) is 5.69 Å². The van der Waals surface area contributed by atoms with Gasteiger partial charge in [-0.1, -0.05) is 61.9 Å². The molecule has 8 nitrogen and oxygen atoms in total. The molecule has 0 unspecified atom stereocenters. The molecule has 0 fully saturated rings. The highest BCUT2D eigenvalue weighted by molar-refractivity contribution is 7.90. The summed E-state index contributed by atoms with van der Waals surface area (Å²) < 4.78 is 28.4. The number of nitrogens with one attached hydrogen (secondary N) is 1. The van der Waals surface area contributed by atoms with Gasteiger partial charge in [0.15, 0.2) is 0 Å². The molecule has 0 saturated heterocycles. The van der Waals surface area contributed by atoms with E-state index in [1.54, 1.807) is 30.3 Å². The third-order valence-corrected chi connectivity index (χ3v) is 7.25. The summed E-state index contributed by atoms with van der Waals surface area (Å²) >= 11 is 0. The van der Waals surface area contributed by atoms with Gasteiger partial charge in [0.2, 0.25) is 11.8 Å². The topological polar surface area (TPSA) is 90.0 Å². The average Bonchev–Trinajstić information content (AvgIpc) is 2.81. The van der Waals surface area contributed by atoms with Crippen molar-refractivity contribution >= 4 is 27.7 Å². The first kappa shape index (κ1) is 27.3. The van der Waals surface area contributed by atoms with E-state index in [9.17, 15) is 18.0 Å². The fourth-order valence-electron chi connectivity index (χ4n) is 3.60. The molecule has 186 valence electrons. The van der Waals surface area contributed by atoms with Gasteiger partial charge in [0.25, 0.3) is 0 Å². The maximum absolute atomic E-state index is 13.7. The zero-order valence-corrected chi connectivity index (χ0v) is 21.5. The van der Waals surface area contributed by atoms with Crippen LogP contribution in [-0.4, -0.2) is 62.7 Å². The number of para-hydroxylation sites is 1. The van der Waals surface area contributed by atoms with E-state index in [0.717, 1.165) is 26.2 Å². The van der Waals surface area contributed by atoms with E-state index in [1.165, 1.54) is 19.0 Å². The number of aryl methyl sites for hydroxylation is 1. The van der Waals surface area contributed by atoms with Crippen molar-refractivity contribution in [1.29, 1.82) is 0 Å². The van der Waals surface area contributed by atoms with E-state index in [2.05, 4.69) is 5.32 Å². The molecule has 2 aromatic rings. The Labute approximate surface area is 203 Å². The fourth-order valence-corrected chi connectivity index (χ4v) is 4.66. The Morgan fingerprint density at radius 3 is 2.24 bits per heavy atom. The van der Waals surface area contributed by atoms with Gasteiger partial charge >= 0.3 is 10.2 Å². The van der Waals surface area contributed by atoms with E-state index < -0.39 is 28.7 Å². The van der Waals surface area contributed by atoms with Crippen LogP contribution >= 0.6 is 0 Å². The summed E-state index contributed by atoms with van der Waals surface area (Å²) in [7, 11) is -1.10. The minimum Gasteiger partial charge on any atom is -0.354 e. The molecule has 0 aliphatic heterocycles. The first-order valence-corrected chi connectivity index (χ1v) is 12.9. The van der Waals surface area contributed by atoms with Crippen LogP contribution in [0.15, 0.2) is 54.6 Å². The van der Waals surface area contributed by atoms with Gasteiger partial charge in [-0.3, -0.25) is 9.59 Å². The van der Waals surface area contributed by atoms with Crippen LogP contribution < -0.4 is 9.62 Å². The van der Waals surface area contributed by atoms with Crippen LogP contribution in [0.3, 0.4) is 0 Å². The molecule has 2 rings (SSSR count). The highest BCUT2D eigenvalue weighted by atomic mass is 32.2. The van der Waals surface area contributed by atoms with Crippen molar-refractivity contribution in [3.8, 4) is 0 Å². The normalized spacial score (nSPS) is 12.3. The summed E-state index contributed by atoms with van der Waals surface area (Å²) in [5, 5.41) is 2.88. The number of benzene rings is 2. The fraction of sp³-hybridized carbons (Fsp3) is 0.440. The quantitative estimate of drug-likeness (QED) is 0.497. The minimum absolute atomic E-state index is 0.198. The van der Waals surface area contributed by atoms with Crippen LogP contribution in [0.5, 0.6) is 0 Å². The smallest absolute Gasteiger partial charge is 0.304 e. The summed E-state index contributed by atoms with van der Waals surface area (Å²) in [5.41, 5.74) is 2.29. The van der Waals surface area contributed by atoms with Crippen LogP contribution in [0.25, 0.3) is 0 Å². The predicted molar refractivity (Wildman–Crippen MR) is 136 cm³/mol. The molecule has 0 saturated carbocycles. The lowest BCUT2D eigenvalue weighted by Crippen LogP contribution is -2.53. The highest BCUT2D eigenvalue weighted by Crippen LogP contribution is 2.21. The number of anilines is 1. The molecule has 0 bridgehead atoms. The third kappa shape index (κ3) is 7.04. The van der Waals surface area contributed by atoms with Crippen molar-refractivity contribution in [2.45, 2.75) is 46.2 Å². The van der Waals surface area contributed by atoms with Gasteiger partial charge in [-0.15, -0.1) is 0 Å². The third-order valence-electron chi connectivity index (χ3n) is 5.43. The van der Waals surface area contributed by atoms with Crippen molar-refractivity contribution in [2.75, 3.05) is 31.5 Å². The number of carbonyl (C=O) groups is 2.